The number of benzene rings is 8. The fraction of sp³-hybridized carbons (Fsp3) is 0.200. The first kappa shape index (κ1) is 54.3. The lowest BCUT2D eigenvalue weighted by Crippen LogP contribution is -2.19. The van der Waals surface area contributed by atoms with E-state index in [-0.39, 0.29) is 116 Å². The molecule has 0 aliphatic rings. The van der Waals surface area contributed by atoms with Crippen LogP contribution in [-0.4, -0.2) is 81.7 Å². The molecular formula is C60H60O16. The molecule has 4 atom stereocenters. The van der Waals surface area contributed by atoms with E-state index >= 15 is 0 Å². The SMILES string of the molecule is Oc1cc(O)cc(CC[C@@H](Cc2ccc(O)c(O)c2)[C@H](Cc2ccc(O)c(O)c2)c2cc(O)cc(O)c2)c1.Oc1cc(O)cc(CC[C@H](Cc2ccc(O)c(O)c2)[C@@H](Cc2ccc(O)c(O)c2)c2cc(O)cc(O)c2)c1. The van der Waals surface area contributed by atoms with Gasteiger partial charge in [0.1, 0.15) is 46.0 Å². The van der Waals surface area contributed by atoms with E-state index in [1.807, 2.05) is 0 Å². The van der Waals surface area contributed by atoms with Crippen molar-refractivity contribution in [2.24, 2.45) is 11.8 Å². The number of phenolic OH excluding ortho intramolecular Hbond substituents is 16. The van der Waals surface area contributed by atoms with Gasteiger partial charge < -0.3 is 81.7 Å². The van der Waals surface area contributed by atoms with Gasteiger partial charge in [0.25, 0.3) is 0 Å². The molecule has 0 aliphatic heterocycles. The molecule has 0 heterocycles. The first-order valence-corrected chi connectivity index (χ1v) is 24.3. The minimum Gasteiger partial charge on any atom is -0.508 e. The van der Waals surface area contributed by atoms with Crippen LogP contribution in [0, 0.1) is 11.8 Å². The highest BCUT2D eigenvalue weighted by Gasteiger charge is 2.28. The van der Waals surface area contributed by atoms with Crippen molar-refractivity contribution in [3.8, 4) is 92.0 Å². The summed E-state index contributed by atoms with van der Waals surface area (Å²) in [4.78, 5) is 0. The standard InChI is InChI=1S/2C30H30O8/c2*31-22-8-18(9-23(32)15-22)1-4-20(7-17-2-5-27(35)29(37)11-17)26(21-13-24(33)16-25(34)14-21)10-19-3-6-28(36)30(38)12-19/h2*2-3,5-6,8-9,11-16,20,26,31-38H,1,4,7,10H2/t2*20-,26-/m10/s1. The summed E-state index contributed by atoms with van der Waals surface area (Å²) in [5.74, 6) is -3.73. The number of hydrogen-bond donors (Lipinski definition) is 16. The van der Waals surface area contributed by atoms with Gasteiger partial charge in [-0.3, -0.25) is 0 Å². The van der Waals surface area contributed by atoms with Gasteiger partial charge in [-0.15, -0.1) is 0 Å². The third-order valence-electron chi connectivity index (χ3n) is 13.4. The minimum atomic E-state index is -0.321. The van der Waals surface area contributed by atoms with E-state index in [1.165, 1.54) is 72.8 Å². The highest BCUT2D eigenvalue weighted by atomic mass is 16.3. The molecule has 16 nitrogen and oxygen atoms in total. The Morgan fingerprint density at radius 3 is 0.711 bits per heavy atom. The molecule has 16 heteroatoms. The maximum absolute atomic E-state index is 10.2. The second-order valence-corrected chi connectivity index (χ2v) is 19.2. The minimum absolute atomic E-state index is 0.0611. The highest BCUT2D eigenvalue weighted by Crippen LogP contribution is 2.42. The molecule has 8 aromatic rings. The zero-order valence-corrected chi connectivity index (χ0v) is 41.0. The number of aryl methyl sites for hydroxylation is 2. The van der Waals surface area contributed by atoms with Crippen molar-refractivity contribution >= 4 is 0 Å². The van der Waals surface area contributed by atoms with Crippen LogP contribution in [0.3, 0.4) is 0 Å². The number of phenols is 16. The van der Waals surface area contributed by atoms with Crippen molar-refractivity contribution in [2.45, 2.75) is 63.2 Å². The molecule has 76 heavy (non-hydrogen) atoms. The summed E-state index contributed by atoms with van der Waals surface area (Å²) in [5, 5.41) is 160. The summed E-state index contributed by atoms with van der Waals surface area (Å²) in [5.41, 5.74) is 5.60. The third kappa shape index (κ3) is 14.8. The third-order valence-corrected chi connectivity index (χ3v) is 13.4. The van der Waals surface area contributed by atoms with E-state index in [1.54, 1.807) is 72.8 Å². The lowest BCUT2D eigenvalue weighted by atomic mass is 9.75. The molecule has 0 saturated carbocycles. The Morgan fingerprint density at radius 2 is 0.461 bits per heavy atom. The van der Waals surface area contributed by atoms with Crippen LogP contribution in [0.25, 0.3) is 0 Å². The van der Waals surface area contributed by atoms with E-state index in [4.69, 9.17) is 0 Å². The van der Waals surface area contributed by atoms with Gasteiger partial charge in [-0.2, -0.15) is 0 Å². The number of rotatable bonds is 18. The van der Waals surface area contributed by atoms with Crippen LogP contribution in [0.5, 0.6) is 92.0 Å². The van der Waals surface area contributed by atoms with Gasteiger partial charge >= 0.3 is 0 Å². The maximum Gasteiger partial charge on any atom is 0.157 e. The zero-order chi connectivity index (χ0) is 54.8. The van der Waals surface area contributed by atoms with Crippen LogP contribution in [0.4, 0.5) is 0 Å². The summed E-state index contributed by atoms with van der Waals surface area (Å²) >= 11 is 0. The summed E-state index contributed by atoms with van der Waals surface area (Å²) in [6.45, 7) is 0. The van der Waals surface area contributed by atoms with E-state index in [0.29, 0.717) is 84.7 Å². The van der Waals surface area contributed by atoms with E-state index in [2.05, 4.69) is 0 Å². The van der Waals surface area contributed by atoms with E-state index in [9.17, 15) is 81.7 Å². The molecule has 0 aliphatic carbocycles. The van der Waals surface area contributed by atoms with Crippen molar-refractivity contribution in [2.75, 3.05) is 0 Å². The number of aromatic hydroxyl groups is 16. The quantitative estimate of drug-likeness (QED) is 0.0355. The topological polar surface area (TPSA) is 324 Å². The fourth-order valence-electron chi connectivity index (χ4n) is 9.87. The monoisotopic (exact) mass is 1040 g/mol. The lowest BCUT2D eigenvalue weighted by molar-refractivity contribution is 0.377. The Hall–Kier alpha value is -9.44. The Balaban J connectivity index is 0.000000221. The molecule has 0 spiro atoms. The molecule has 0 saturated heterocycles. The predicted octanol–water partition coefficient (Wildman–Crippen LogP) is 10.3. The van der Waals surface area contributed by atoms with Crippen molar-refractivity contribution < 1.29 is 81.7 Å². The molecule has 0 unspecified atom stereocenters. The van der Waals surface area contributed by atoms with E-state index in [0.717, 1.165) is 11.1 Å². The summed E-state index contributed by atoms with van der Waals surface area (Å²) in [7, 11) is 0. The first-order valence-electron chi connectivity index (χ1n) is 24.3. The molecule has 8 rings (SSSR count). The van der Waals surface area contributed by atoms with Crippen LogP contribution in [0.2, 0.25) is 0 Å². The van der Waals surface area contributed by atoms with Crippen molar-refractivity contribution in [1.82, 2.24) is 0 Å². The van der Waals surface area contributed by atoms with Gasteiger partial charge in [0.15, 0.2) is 46.0 Å². The van der Waals surface area contributed by atoms with Gasteiger partial charge in [-0.05, 0) is 217 Å². The molecule has 8 aromatic carbocycles. The van der Waals surface area contributed by atoms with Crippen LogP contribution < -0.4 is 0 Å². The fourth-order valence-corrected chi connectivity index (χ4v) is 9.87. The smallest absolute Gasteiger partial charge is 0.157 e. The van der Waals surface area contributed by atoms with Crippen LogP contribution in [0.15, 0.2) is 146 Å². The molecule has 0 bridgehead atoms. The Bertz CT molecular complexity index is 3000. The Labute approximate surface area is 437 Å². The van der Waals surface area contributed by atoms with Crippen molar-refractivity contribution in [3.05, 3.63) is 190 Å². The Kier molecular flexibility index (Phi) is 17.2. The number of hydrogen-bond acceptors (Lipinski definition) is 16. The summed E-state index contributed by atoms with van der Waals surface area (Å²) in [6.07, 6.45) is 3.63. The molecule has 396 valence electrons. The van der Waals surface area contributed by atoms with E-state index < -0.39 is 0 Å². The second-order valence-electron chi connectivity index (χ2n) is 19.2. The maximum atomic E-state index is 10.2. The van der Waals surface area contributed by atoms with Crippen molar-refractivity contribution in [3.63, 3.8) is 0 Å². The van der Waals surface area contributed by atoms with Crippen molar-refractivity contribution in [1.29, 1.82) is 0 Å². The summed E-state index contributed by atoms with van der Waals surface area (Å²) < 4.78 is 0. The highest BCUT2D eigenvalue weighted by molar-refractivity contribution is 5.47. The lowest BCUT2D eigenvalue weighted by Gasteiger charge is -2.29. The molecule has 0 amide bonds. The first-order chi connectivity index (χ1) is 36.1. The van der Waals surface area contributed by atoms with Crippen LogP contribution in [0.1, 0.15) is 69.2 Å². The Morgan fingerprint density at radius 1 is 0.224 bits per heavy atom. The summed E-state index contributed by atoms with van der Waals surface area (Å²) in [6, 6.07) is 35.7. The van der Waals surface area contributed by atoms with Gasteiger partial charge in [0, 0.05) is 24.3 Å². The molecule has 0 fully saturated rings. The van der Waals surface area contributed by atoms with Gasteiger partial charge in [-0.1, -0.05) is 24.3 Å². The normalized spacial score (nSPS) is 12.7. The van der Waals surface area contributed by atoms with Gasteiger partial charge in [-0.25, -0.2) is 0 Å². The largest absolute Gasteiger partial charge is 0.508 e. The molecule has 16 N–H and O–H groups in total. The van der Waals surface area contributed by atoms with Gasteiger partial charge in [0.05, 0.1) is 0 Å². The molecular weight excluding hydrogens is 977 g/mol. The predicted molar refractivity (Wildman–Crippen MR) is 282 cm³/mol. The van der Waals surface area contributed by atoms with Gasteiger partial charge in [0.2, 0.25) is 0 Å². The molecule has 0 radical (unpaired) electrons. The average Bonchev–Trinajstić information content (AvgIpc) is 3.34. The van der Waals surface area contributed by atoms with Crippen LogP contribution in [-0.2, 0) is 38.5 Å². The molecule has 0 aromatic heterocycles. The second kappa shape index (κ2) is 24.1. The van der Waals surface area contributed by atoms with Crippen LogP contribution >= 0.6 is 0 Å². The average molecular weight is 1040 g/mol. The zero-order valence-electron chi connectivity index (χ0n) is 41.0.